The number of carbonyl (C=O) groups is 2. The van der Waals surface area contributed by atoms with Gasteiger partial charge in [0, 0.05) is 0 Å². The van der Waals surface area contributed by atoms with Crippen molar-refractivity contribution in [2.24, 2.45) is 5.73 Å². The summed E-state index contributed by atoms with van der Waals surface area (Å²) in [5.74, 6) is -2.50. The third-order valence-corrected chi connectivity index (χ3v) is 0.712. The van der Waals surface area contributed by atoms with Gasteiger partial charge >= 0.3 is 11.9 Å². The molecule has 0 spiro atoms. The molecule has 0 aliphatic rings. The summed E-state index contributed by atoms with van der Waals surface area (Å²) in [6, 6.07) is -1.29. The summed E-state index contributed by atoms with van der Waals surface area (Å²) in [5.41, 5.74) is 17.1. The van der Waals surface area contributed by atoms with Crippen LogP contribution in [0.15, 0.2) is 0 Å². The van der Waals surface area contributed by atoms with E-state index in [1.54, 1.807) is 4.91 Å². The highest BCUT2D eigenvalue weighted by Gasteiger charge is 2.14. The Morgan fingerprint density at radius 3 is 2.00 bits per heavy atom. The molecule has 0 saturated carbocycles. The minimum atomic E-state index is -1.29. The molecule has 0 radical (unpaired) electrons. The Labute approximate surface area is 67.0 Å². The highest BCUT2D eigenvalue weighted by atomic mass is 16.4. The SMILES string of the molecule is NC(CC(=O)O)C(=O)O.[N-]=[N+]=N. The zero-order valence-corrected chi connectivity index (χ0v) is 5.97. The lowest BCUT2D eigenvalue weighted by molar-refractivity contribution is -0.144. The van der Waals surface area contributed by atoms with Crippen LogP contribution in [0.25, 0.3) is 10.4 Å². The first-order valence-electron chi connectivity index (χ1n) is 2.66. The Hall–Kier alpha value is -1.79. The number of hydrogen-bond donors (Lipinski definition) is 4. The van der Waals surface area contributed by atoms with Crippen molar-refractivity contribution in [3.8, 4) is 0 Å². The second-order valence-corrected chi connectivity index (χ2v) is 1.64. The van der Waals surface area contributed by atoms with E-state index >= 15 is 0 Å². The lowest BCUT2D eigenvalue weighted by Gasteiger charge is -1.99. The summed E-state index contributed by atoms with van der Waals surface area (Å²) in [6.07, 6.45) is -0.532. The number of carboxylic acids is 2. The van der Waals surface area contributed by atoms with E-state index in [1.807, 2.05) is 0 Å². The zero-order valence-electron chi connectivity index (χ0n) is 5.97. The number of aliphatic carboxylic acids is 2. The Morgan fingerprint density at radius 1 is 1.58 bits per heavy atom. The fourth-order valence-corrected chi connectivity index (χ4v) is 0.275. The van der Waals surface area contributed by atoms with Crippen molar-refractivity contribution in [2.45, 2.75) is 12.5 Å². The summed E-state index contributed by atoms with van der Waals surface area (Å²) in [5, 5.41) is 16.0. The maximum Gasteiger partial charge on any atom is 0.321 e. The van der Waals surface area contributed by atoms with Gasteiger partial charge in [0.25, 0.3) is 0 Å². The van der Waals surface area contributed by atoms with Crippen LogP contribution in [0, 0.1) is 5.53 Å². The van der Waals surface area contributed by atoms with E-state index in [1.165, 1.54) is 0 Å². The van der Waals surface area contributed by atoms with Crippen molar-refractivity contribution in [3.05, 3.63) is 10.4 Å². The molecule has 0 heterocycles. The molecule has 8 heteroatoms. The topological polar surface area (TPSA) is 161 Å². The van der Waals surface area contributed by atoms with E-state index in [0.717, 1.165) is 0 Å². The van der Waals surface area contributed by atoms with Crippen LogP contribution in [-0.2, 0) is 9.59 Å². The summed E-state index contributed by atoms with van der Waals surface area (Å²) >= 11 is 0. The number of nitrogens with one attached hydrogen (secondary N) is 1. The predicted octanol–water partition coefficient (Wildman–Crippen LogP) is -0.252. The molecule has 1 unspecified atom stereocenters. The Kier molecular flexibility index (Phi) is 7.84. The average molecular weight is 176 g/mol. The van der Waals surface area contributed by atoms with Gasteiger partial charge in [0.2, 0.25) is 0 Å². The van der Waals surface area contributed by atoms with Gasteiger partial charge in [-0.1, -0.05) is 0 Å². The van der Waals surface area contributed by atoms with E-state index in [9.17, 15) is 9.59 Å². The van der Waals surface area contributed by atoms with Crippen molar-refractivity contribution in [1.29, 1.82) is 5.53 Å². The largest absolute Gasteiger partial charge is 0.481 e. The van der Waals surface area contributed by atoms with Gasteiger partial charge in [-0.3, -0.25) is 9.59 Å². The molecular weight excluding hydrogens is 168 g/mol. The molecule has 0 amide bonds. The van der Waals surface area contributed by atoms with Crippen LogP contribution in [-0.4, -0.2) is 28.2 Å². The molecule has 0 aromatic rings. The Balaban J connectivity index is 0. The van der Waals surface area contributed by atoms with Gasteiger partial charge in [0.15, 0.2) is 0 Å². The van der Waals surface area contributed by atoms with Gasteiger partial charge in [-0.2, -0.15) is 0 Å². The van der Waals surface area contributed by atoms with E-state index in [0.29, 0.717) is 0 Å². The fraction of sp³-hybridized carbons (Fsp3) is 0.500. The van der Waals surface area contributed by atoms with Crippen molar-refractivity contribution in [3.63, 3.8) is 0 Å². The van der Waals surface area contributed by atoms with Gasteiger partial charge in [-0.05, 0) is 10.4 Å². The molecule has 12 heavy (non-hydrogen) atoms. The number of hydrogen-bond acceptors (Lipinski definition) is 4. The van der Waals surface area contributed by atoms with Crippen LogP contribution in [0.2, 0.25) is 0 Å². The molecule has 5 N–H and O–H groups in total. The van der Waals surface area contributed by atoms with Crippen molar-refractivity contribution in [2.75, 3.05) is 0 Å². The third-order valence-electron chi connectivity index (χ3n) is 0.712. The van der Waals surface area contributed by atoms with Crippen LogP contribution in [0.3, 0.4) is 0 Å². The molecule has 68 valence electrons. The van der Waals surface area contributed by atoms with E-state index < -0.39 is 24.4 Å². The quantitative estimate of drug-likeness (QED) is 0.264. The number of rotatable bonds is 3. The molecule has 0 rings (SSSR count). The summed E-state index contributed by atoms with van der Waals surface area (Å²) < 4.78 is 0. The molecular formula is C4H8N4O4. The zero-order chi connectivity index (χ0) is 10.1. The van der Waals surface area contributed by atoms with Gasteiger partial charge < -0.3 is 15.9 Å². The summed E-state index contributed by atoms with van der Waals surface area (Å²) in [7, 11) is 0. The Morgan fingerprint density at radius 2 is 1.92 bits per heavy atom. The number of nitrogens with zero attached hydrogens (tertiary/aromatic N) is 2. The molecule has 0 aliphatic carbocycles. The second kappa shape index (κ2) is 7.32. The molecule has 0 saturated heterocycles. The highest BCUT2D eigenvalue weighted by Crippen LogP contribution is 1.86. The number of carboxylic acid groups (broad SMARTS) is 2. The highest BCUT2D eigenvalue weighted by molar-refractivity contribution is 5.80. The molecule has 0 aliphatic heterocycles. The number of nitrogens with two attached hydrogens (primary N) is 1. The van der Waals surface area contributed by atoms with Crippen LogP contribution < -0.4 is 5.73 Å². The van der Waals surface area contributed by atoms with Crippen molar-refractivity contribution < 1.29 is 19.8 Å². The van der Waals surface area contributed by atoms with E-state index in [4.69, 9.17) is 27.0 Å². The maximum absolute atomic E-state index is 9.85. The lowest BCUT2D eigenvalue weighted by atomic mass is 10.2. The maximum atomic E-state index is 9.85. The molecule has 0 aromatic carbocycles. The summed E-state index contributed by atoms with van der Waals surface area (Å²) in [6.45, 7) is 0. The average Bonchev–Trinajstić information content (AvgIpc) is 1.87. The third kappa shape index (κ3) is 11.1. The molecule has 0 fully saturated rings. The molecule has 8 nitrogen and oxygen atoms in total. The predicted molar refractivity (Wildman–Crippen MR) is 37.3 cm³/mol. The summed E-state index contributed by atoms with van der Waals surface area (Å²) in [4.78, 5) is 21.4. The van der Waals surface area contributed by atoms with Gasteiger partial charge in [-0.25, -0.2) is 0 Å². The first-order valence-corrected chi connectivity index (χ1v) is 2.66. The first kappa shape index (κ1) is 12.8. The van der Waals surface area contributed by atoms with Crippen molar-refractivity contribution >= 4 is 11.9 Å². The standard InChI is InChI=1S/C4H7NO4.HN3/c5-2(4(8)9)1-3(6)7;1-3-2/h2H,1,5H2,(H,6,7)(H,8,9);1H. The van der Waals surface area contributed by atoms with Gasteiger partial charge in [0.1, 0.15) is 6.04 Å². The lowest BCUT2D eigenvalue weighted by Crippen LogP contribution is -2.32. The van der Waals surface area contributed by atoms with Crippen LogP contribution >= 0.6 is 0 Å². The monoisotopic (exact) mass is 176 g/mol. The minimum Gasteiger partial charge on any atom is -0.481 e. The van der Waals surface area contributed by atoms with Crippen LogP contribution in [0.1, 0.15) is 6.42 Å². The first-order chi connectivity index (χ1) is 5.45. The van der Waals surface area contributed by atoms with Gasteiger partial charge in [0.05, 0.1) is 6.42 Å². The second-order valence-electron chi connectivity index (χ2n) is 1.64. The van der Waals surface area contributed by atoms with E-state index in [2.05, 4.69) is 0 Å². The molecule has 1 atom stereocenters. The smallest absolute Gasteiger partial charge is 0.321 e. The van der Waals surface area contributed by atoms with Gasteiger partial charge in [-0.15, -0.1) is 5.53 Å². The Bertz CT molecular complexity index is 197. The van der Waals surface area contributed by atoms with Crippen molar-refractivity contribution in [1.82, 2.24) is 0 Å². The molecule has 0 bridgehead atoms. The van der Waals surface area contributed by atoms with Crippen LogP contribution in [0.4, 0.5) is 0 Å². The fourth-order valence-electron chi connectivity index (χ4n) is 0.275. The van der Waals surface area contributed by atoms with E-state index in [-0.39, 0.29) is 0 Å². The minimum absolute atomic E-state index is 0.532. The molecule has 0 aromatic heterocycles. The van der Waals surface area contributed by atoms with Crippen LogP contribution in [0.5, 0.6) is 0 Å². The normalized spacial score (nSPS) is 10.1.